The molecule has 0 aliphatic heterocycles. The second-order valence-corrected chi connectivity index (χ2v) is 35.8. The highest BCUT2D eigenvalue weighted by Gasteiger charge is 2.29. The molecule has 30 nitrogen and oxygen atoms in total. The van der Waals surface area contributed by atoms with Crippen molar-refractivity contribution in [1.29, 1.82) is 0 Å². The topological polar surface area (TPSA) is 384 Å². The van der Waals surface area contributed by atoms with Crippen LogP contribution in [0.2, 0.25) is 25.1 Å². The standard InChI is InChI=1S/C19H15ClFN3O2.C19H17ClN4O.2C18H14ClN3O2.C18H14FN3O2.C17H12ClF2N3O2S/c1-12(21)18-4-2-3-15(24-18)8-19(25)13-5-14(20)7-16(6-13)26-17-9-22-11-23-10-17;1-13-3-4-23-16(5-13)9-19(25)14-6-15(20)8-17(7-14)24(2)18-10-21-12-22-11-18;1-12-2-3-15(22-8-12)7-18(23)13-4-14(19)6-16(5-13)24-17-9-20-11-21-10-17;2*1-12-2-3-22-15(4-12)8-18(23)13-5-14(19)7-16(6-13)24-17-9-20-11-21-10-17;1-17(19,20)15-8-26-16(23-15)5-14(24)10-2-11(18)4-12(3-10)25-13-6-21-9-22-7-13/h2-7,9-12H,8H2,1H3;3-8,10-12H,9H2,1-2H3;2-6,8-11H,7H2,1H3;2*2-7,9-11H,8H2,1H3;2-4,6-9H,5H2,1H3. The third-order valence-corrected chi connectivity index (χ3v) is 22.4. The van der Waals surface area contributed by atoms with Crippen molar-refractivity contribution in [3.05, 3.63) is 450 Å². The molecule has 149 heavy (non-hydrogen) atoms. The summed E-state index contributed by atoms with van der Waals surface area (Å²) in [6, 6.07) is 48.3. The maximum Gasteiger partial charge on any atom is 0.287 e. The predicted octanol–water partition coefficient (Wildman–Crippen LogP) is 25.4. The molecule has 12 aromatic heterocycles. The maximum atomic E-state index is 13.8. The van der Waals surface area contributed by atoms with Crippen molar-refractivity contribution in [2.45, 2.75) is 92.2 Å². The van der Waals surface area contributed by atoms with Crippen LogP contribution in [0.25, 0.3) is 0 Å². The van der Waals surface area contributed by atoms with Crippen LogP contribution in [0.5, 0.6) is 57.5 Å². The molecule has 0 fully saturated rings. The van der Waals surface area contributed by atoms with Gasteiger partial charge in [-0.15, -0.1) is 11.3 Å². The third-order valence-electron chi connectivity index (χ3n) is 20.5. The van der Waals surface area contributed by atoms with Gasteiger partial charge in [0.15, 0.2) is 63.4 Å². The van der Waals surface area contributed by atoms with Crippen molar-refractivity contribution in [3.8, 4) is 57.5 Å². The van der Waals surface area contributed by atoms with Crippen molar-refractivity contribution < 1.29 is 70.0 Å². The van der Waals surface area contributed by atoms with E-state index in [4.69, 9.17) is 81.7 Å². The van der Waals surface area contributed by atoms with Crippen LogP contribution in [0.1, 0.15) is 149 Å². The summed E-state index contributed by atoms with van der Waals surface area (Å²) in [6.45, 7) is 9.98. The summed E-state index contributed by atoms with van der Waals surface area (Å²) in [6.07, 6.45) is 33.1. The van der Waals surface area contributed by atoms with Crippen LogP contribution in [0, 0.1) is 33.5 Å². The average Bonchev–Trinajstić information content (AvgIpc) is 1.79. The van der Waals surface area contributed by atoms with E-state index in [1.807, 2.05) is 94.2 Å². The van der Waals surface area contributed by atoms with Gasteiger partial charge in [-0.1, -0.05) is 70.1 Å². The molecule has 0 bridgehead atoms. The van der Waals surface area contributed by atoms with Gasteiger partial charge in [0.05, 0.1) is 124 Å². The minimum Gasteiger partial charge on any atom is -0.454 e. The lowest BCUT2D eigenvalue weighted by Gasteiger charge is -2.19. The van der Waals surface area contributed by atoms with Crippen LogP contribution in [0.15, 0.2) is 318 Å². The fourth-order valence-electron chi connectivity index (χ4n) is 13.5. The number of thiazole rings is 1. The summed E-state index contributed by atoms with van der Waals surface area (Å²) in [7, 11) is 1.88. The van der Waals surface area contributed by atoms with Crippen molar-refractivity contribution in [1.82, 2.24) is 89.7 Å². The zero-order chi connectivity index (χ0) is 106. The third kappa shape index (κ3) is 35.5. The van der Waals surface area contributed by atoms with Crippen LogP contribution < -0.4 is 28.6 Å². The number of pyridine rings is 5. The van der Waals surface area contributed by atoms with Crippen molar-refractivity contribution >= 4 is 115 Å². The Kier molecular flexibility index (Phi) is 39.5. The van der Waals surface area contributed by atoms with E-state index < -0.39 is 17.9 Å². The van der Waals surface area contributed by atoms with Crippen LogP contribution in [-0.4, -0.2) is 131 Å². The average molecular weight is 2120 g/mol. The number of hydrogen-bond acceptors (Lipinski definition) is 31. The molecule has 12 heterocycles. The largest absolute Gasteiger partial charge is 0.454 e. The van der Waals surface area contributed by atoms with Crippen LogP contribution in [0.3, 0.4) is 0 Å². The van der Waals surface area contributed by atoms with E-state index in [0.29, 0.717) is 132 Å². The van der Waals surface area contributed by atoms with E-state index in [0.717, 1.165) is 63.3 Å². The molecule has 6 aromatic carbocycles. The lowest BCUT2D eigenvalue weighted by molar-refractivity contribution is 0.0132. The number of carbonyl (C=O) groups excluding carboxylic acids is 6. The number of halogens is 9. The van der Waals surface area contributed by atoms with Gasteiger partial charge in [-0.05, 0) is 215 Å². The molecular weight excluding hydrogens is 2040 g/mol. The van der Waals surface area contributed by atoms with Gasteiger partial charge in [-0.3, -0.25) is 53.7 Å². The Morgan fingerprint density at radius 1 is 0.336 bits per heavy atom. The smallest absolute Gasteiger partial charge is 0.287 e. The van der Waals surface area contributed by atoms with Crippen molar-refractivity contribution in [3.63, 3.8) is 0 Å². The Morgan fingerprint density at radius 3 is 0.993 bits per heavy atom. The fraction of sp³-hybridized carbons (Fsp3) is 0.138. The molecule has 40 heteroatoms. The van der Waals surface area contributed by atoms with Gasteiger partial charge in [0, 0.05) is 143 Å². The lowest BCUT2D eigenvalue weighted by atomic mass is 10.0. The fourth-order valence-corrected chi connectivity index (χ4v) is 15.5. The Hall–Kier alpha value is -16.8. The number of hydrogen-bond donors (Lipinski definition) is 0. The number of ether oxygens (including phenoxy) is 5. The number of aryl methyl sites for hydroxylation is 4. The number of alkyl halides is 3. The van der Waals surface area contributed by atoms with E-state index >= 15 is 0 Å². The van der Waals surface area contributed by atoms with Gasteiger partial charge in [0.1, 0.15) is 89.4 Å². The predicted molar refractivity (Wildman–Crippen MR) is 554 cm³/mol. The van der Waals surface area contributed by atoms with Crippen molar-refractivity contribution in [2.24, 2.45) is 0 Å². The Labute approximate surface area is 880 Å². The van der Waals surface area contributed by atoms with E-state index in [2.05, 4.69) is 89.7 Å². The zero-order valence-electron chi connectivity index (χ0n) is 80.1. The van der Waals surface area contributed by atoms with Gasteiger partial charge in [-0.2, -0.15) is 8.78 Å². The first-order chi connectivity index (χ1) is 71.6. The highest BCUT2D eigenvalue weighted by molar-refractivity contribution is 7.09. The Morgan fingerprint density at radius 2 is 0.658 bits per heavy atom. The number of carbonyl (C=O) groups is 6. The SMILES string of the molecule is CC(F)(F)c1csc(CC(=O)c2cc(Cl)cc(Oc3cncnc3)c2)n1.CC(F)c1cccc(CC(=O)c2cc(Cl)cc(Oc3cncnc3)c2)n1.Cc1ccc(CC(=O)c2cc(Cl)cc(Oc3cncnc3)c2)nc1.Cc1ccnc(CC(=O)c2cc(Cl)cc(N(C)c3cncnc3)c2)c1.Cc1ccnc(CC(=O)c2cc(Cl)cc(Oc3cncnc3)c2)c1.Cc1ccnc(CC(=O)c2cc(F)cc(Oc3cncnc3)c2)c1. The summed E-state index contributed by atoms with van der Waals surface area (Å²) < 4.78 is 81.7. The Bertz CT molecular complexity index is 7520. The lowest BCUT2D eigenvalue weighted by Crippen LogP contribution is -2.12. The normalized spacial score (nSPS) is 10.8. The van der Waals surface area contributed by atoms with Gasteiger partial charge < -0.3 is 28.6 Å². The summed E-state index contributed by atoms with van der Waals surface area (Å²) in [5, 5.41) is 3.58. The van der Waals surface area contributed by atoms with Crippen LogP contribution in [-0.2, 0) is 44.4 Å². The number of benzene rings is 6. The molecule has 1 atom stereocenters. The van der Waals surface area contributed by atoms with Gasteiger partial charge in [-0.25, -0.2) is 73.6 Å². The maximum absolute atomic E-state index is 13.8. The van der Waals surface area contributed by atoms with Gasteiger partial charge in [0.25, 0.3) is 5.92 Å². The number of ketones is 6. The van der Waals surface area contributed by atoms with E-state index in [-0.39, 0.29) is 90.2 Å². The monoisotopic (exact) mass is 2120 g/mol. The quantitative estimate of drug-likeness (QED) is 0.0279. The molecular formula is C109H86Cl5F4N19O11S. The van der Waals surface area contributed by atoms with E-state index in [1.54, 1.807) is 128 Å². The summed E-state index contributed by atoms with van der Waals surface area (Å²) in [4.78, 5) is 148. The second-order valence-electron chi connectivity index (χ2n) is 32.7. The minimum atomic E-state index is -3.04. The first kappa shape index (κ1) is 109. The zero-order valence-corrected chi connectivity index (χ0v) is 84.7. The second kappa shape index (κ2) is 53.8. The molecule has 0 saturated heterocycles. The molecule has 752 valence electrons. The number of anilines is 2. The van der Waals surface area contributed by atoms with Crippen LogP contribution in [0.4, 0.5) is 28.9 Å². The number of nitrogens with zero attached hydrogens (tertiary/aromatic N) is 19. The highest BCUT2D eigenvalue weighted by Crippen LogP contribution is 2.36. The summed E-state index contributed by atoms with van der Waals surface area (Å²) in [5.74, 6) is -0.516. The van der Waals surface area contributed by atoms with Crippen molar-refractivity contribution in [2.75, 3.05) is 11.9 Å². The highest BCUT2D eigenvalue weighted by atomic mass is 35.5. The Balaban J connectivity index is 0.000000149. The first-order valence-electron chi connectivity index (χ1n) is 44.9. The summed E-state index contributed by atoms with van der Waals surface area (Å²) in [5.41, 5.74) is 11.5. The van der Waals surface area contributed by atoms with E-state index in [1.165, 1.54) is 143 Å². The van der Waals surface area contributed by atoms with Gasteiger partial charge >= 0.3 is 0 Å². The summed E-state index contributed by atoms with van der Waals surface area (Å²) >= 11 is 31.6. The molecule has 0 amide bonds. The number of Topliss-reactive ketones (excluding diaryl/α,β-unsaturated/α-hetero) is 6. The first-order valence-corrected chi connectivity index (χ1v) is 47.7. The van der Waals surface area contributed by atoms with E-state index in [9.17, 15) is 46.3 Å². The minimum absolute atomic E-state index is 0.0282. The molecule has 0 radical (unpaired) electrons. The van der Waals surface area contributed by atoms with Gasteiger partial charge in [0.2, 0.25) is 0 Å². The molecule has 18 rings (SSSR count). The molecule has 0 N–H and O–H groups in total. The molecule has 0 aliphatic carbocycles. The molecule has 0 saturated carbocycles. The molecule has 1 unspecified atom stereocenters. The number of rotatable bonds is 32. The molecule has 0 aliphatic rings. The number of aromatic nitrogens is 18. The molecule has 18 aromatic rings. The van der Waals surface area contributed by atoms with Crippen LogP contribution >= 0.6 is 69.3 Å². The molecule has 0 spiro atoms.